The average Bonchev–Trinajstić information content (AvgIpc) is 3.23. The normalized spacial score (nSPS) is 19.1. The van der Waals surface area contributed by atoms with Gasteiger partial charge in [-0.3, -0.25) is 10.1 Å². The van der Waals surface area contributed by atoms with Crippen molar-refractivity contribution in [3.8, 4) is 0 Å². The van der Waals surface area contributed by atoms with Gasteiger partial charge in [0, 0.05) is 18.1 Å². The second kappa shape index (κ2) is 5.64. The standard InChI is InChI=1S/C16H17N5O2S/c1-11-18-16(20-19-11)13-7-4-10-21(13)24(22,23)14-8-2-5-12-6-3-9-17-15(12)14/h2-3,5-6,8-9,13H,4,7,10H2,1H3,(H,18,19,20). The molecule has 1 atom stereocenters. The molecular formula is C16H17N5O2S. The van der Waals surface area contributed by atoms with Crippen molar-refractivity contribution in [2.24, 2.45) is 0 Å². The molecule has 1 aromatic carbocycles. The molecular weight excluding hydrogens is 326 g/mol. The first-order valence-electron chi connectivity index (χ1n) is 7.82. The van der Waals surface area contributed by atoms with Crippen LogP contribution in [0.1, 0.15) is 30.5 Å². The van der Waals surface area contributed by atoms with Crippen LogP contribution in [0, 0.1) is 6.92 Å². The summed E-state index contributed by atoms with van der Waals surface area (Å²) in [7, 11) is -3.68. The monoisotopic (exact) mass is 343 g/mol. The van der Waals surface area contributed by atoms with E-state index in [1.165, 1.54) is 4.31 Å². The molecule has 0 amide bonds. The summed E-state index contributed by atoms with van der Waals surface area (Å²) < 4.78 is 28.0. The first-order chi connectivity index (χ1) is 11.6. The molecule has 1 fully saturated rings. The Morgan fingerprint density at radius 3 is 2.88 bits per heavy atom. The molecule has 8 heteroatoms. The van der Waals surface area contributed by atoms with Crippen molar-refractivity contribution in [1.82, 2.24) is 24.5 Å². The SMILES string of the molecule is Cc1nc(C2CCCN2S(=O)(=O)c2cccc3cccnc23)n[nH]1. The van der Waals surface area contributed by atoms with Gasteiger partial charge in [-0.15, -0.1) is 0 Å². The summed E-state index contributed by atoms with van der Waals surface area (Å²) >= 11 is 0. The Kier molecular flexibility index (Phi) is 3.58. The Morgan fingerprint density at radius 1 is 1.25 bits per heavy atom. The number of aryl methyl sites for hydroxylation is 1. The van der Waals surface area contributed by atoms with Gasteiger partial charge in [0.05, 0.1) is 11.6 Å². The summed E-state index contributed by atoms with van der Waals surface area (Å²) in [5, 5.41) is 7.76. The second-order valence-electron chi connectivity index (χ2n) is 5.88. The van der Waals surface area contributed by atoms with Crippen molar-refractivity contribution in [2.75, 3.05) is 6.54 Å². The van der Waals surface area contributed by atoms with E-state index < -0.39 is 10.0 Å². The fourth-order valence-corrected chi connectivity index (χ4v) is 5.03. The third-order valence-corrected chi connectivity index (χ3v) is 6.24. The van der Waals surface area contributed by atoms with E-state index in [1.54, 1.807) is 31.3 Å². The first kappa shape index (κ1) is 15.2. The fraction of sp³-hybridized carbons (Fsp3) is 0.312. The molecule has 1 N–H and O–H groups in total. The molecule has 3 aromatic rings. The molecule has 2 aromatic heterocycles. The third-order valence-electron chi connectivity index (χ3n) is 4.30. The molecule has 1 aliphatic heterocycles. The van der Waals surface area contributed by atoms with Gasteiger partial charge >= 0.3 is 0 Å². The van der Waals surface area contributed by atoms with E-state index in [0.717, 1.165) is 11.8 Å². The van der Waals surface area contributed by atoms with Gasteiger partial charge in [0.2, 0.25) is 10.0 Å². The van der Waals surface area contributed by atoms with E-state index in [2.05, 4.69) is 20.2 Å². The number of pyridine rings is 1. The lowest BCUT2D eigenvalue weighted by atomic mass is 10.2. The van der Waals surface area contributed by atoms with Gasteiger partial charge in [0.1, 0.15) is 10.7 Å². The molecule has 124 valence electrons. The smallest absolute Gasteiger partial charge is 0.245 e. The number of fused-ring (bicyclic) bond motifs is 1. The van der Waals surface area contributed by atoms with Crippen molar-refractivity contribution in [1.29, 1.82) is 0 Å². The van der Waals surface area contributed by atoms with E-state index in [4.69, 9.17) is 0 Å². The van der Waals surface area contributed by atoms with E-state index in [1.807, 2.05) is 12.1 Å². The van der Waals surface area contributed by atoms with Gasteiger partial charge in [0.15, 0.2) is 5.82 Å². The number of rotatable bonds is 3. The first-order valence-corrected chi connectivity index (χ1v) is 9.26. The number of aromatic amines is 1. The Hall–Kier alpha value is -2.32. The van der Waals surface area contributed by atoms with E-state index in [0.29, 0.717) is 30.1 Å². The van der Waals surface area contributed by atoms with Crippen LogP contribution < -0.4 is 0 Å². The molecule has 1 saturated heterocycles. The molecule has 0 radical (unpaired) electrons. The number of benzene rings is 1. The number of aromatic nitrogens is 4. The highest BCUT2D eigenvalue weighted by atomic mass is 32.2. The fourth-order valence-electron chi connectivity index (χ4n) is 3.21. The van der Waals surface area contributed by atoms with E-state index in [-0.39, 0.29) is 10.9 Å². The Labute approximate surface area is 139 Å². The Morgan fingerprint density at radius 2 is 2.08 bits per heavy atom. The van der Waals surface area contributed by atoms with Gasteiger partial charge in [-0.05, 0) is 31.9 Å². The largest absolute Gasteiger partial charge is 0.263 e. The van der Waals surface area contributed by atoms with E-state index in [9.17, 15) is 8.42 Å². The molecule has 3 heterocycles. The highest BCUT2D eigenvalue weighted by Crippen LogP contribution is 2.36. The van der Waals surface area contributed by atoms with Gasteiger partial charge in [-0.25, -0.2) is 13.4 Å². The second-order valence-corrected chi connectivity index (χ2v) is 7.74. The van der Waals surface area contributed by atoms with Gasteiger partial charge < -0.3 is 0 Å². The molecule has 0 bridgehead atoms. The molecule has 0 spiro atoms. The maximum absolute atomic E-state index is 13.3. The zero-order valence-corrected chi connectivity index (χ0v) is 14.0. The summed E-state index contributed by atoms with van der Waals surface area (Å²) in [5.41, 5.74) is 0.497. The van der Waals surface area contributed by atoms with Crippen molar-refractivity contribution in [2.45, 2.75) is 30.7 Å². The van der Waals surface area contributed by atoms with Crippen molar-refractivity contribution >= 4 is 20.9 Å². The van der Waals surface area contributed by atoms with Gasteiger partial charge in [-0.2, -0.15) is 9.40 Å². The lowest BCUT2D eigenvalue weighted by molar-refractivity contribution is 0.384. The summed E-state index contributed by atoms with van der Waals surface area (Å²) in [5.74, 6) is 1.21. The van der Waals surface area contributed by atoms with Crippen LogP contribution in [0.25, 0.3) is 10.9 Å². The van der Waals surface area contributed by atoms with Crippen molar-refractivity contribution < 1.29 is 8.42 Å². The van der Waals surface area contributed by atoms with Crippen LogP contribution in [0.2, 0.25) is 0 Å². The lowest BCUT2D eigenvalue weighted by Gasteiger charge is -2.22. The number of hydrogen-bond donors (Lipinski definition) is 1. The van der Waals surface area contributed by atoms with Crippen molar-refractivity contribution in [3.05, 3.63) is 48.2 Å². The third kappa shape index (κ3) is 2.38. The number of hydrogen-bond acceptors (Lipinski definition) is 5. The summed E-state index contributed by atoms with van der Waals surface area (Å²) in [4.78, 5) is 8.84. The van der Waals surface area contributed by atoms with Crippen molar-refractivity contribution in [3.63, 3.8) is 0 Å². The predicted molar refractivity (Wildman–Crippen MR) is 88.7 cm³/mol. The number of para-hydroxylation sites is 1. The van der Waals surface area contributed by atoms with Crippen LogP contribution in [0.4, 0.5) is 0 Å². The molecule has 0 aliphatic carbocycles. The minimum atomic E-state index is -3.68. The molecule has 4 rings (SSSR count). The van der Waals surface area contributed by atoms with Crippen LogP contribution in [-0.4, -0.2) is 39.4 Å². The number of nitrogens with one attached hydrogen (secondary N) is 1. The minimum Gasteiger partial charge on any atom is -0.263 e. The molecule has 1 aliphatic rings. The molecule has 7 nitrogen and oxygen atoms in total. The zero-order valence-electron chi connectivity index (χ0n) is 13.2. The average molecular weight is 343 g/mol. The summed E-state index contributed by atoms with van der Waals surface area (Å²) in [6.07, 6.45) is 3.12. The van der Waals surface area contributed by atoms with Crippen LogP contribution in [-0.2, 0) is 10.0 Å². The Balaban J connectivity index is 1.81. The predicted octanol–water partition coefficient (Wildman–Crippen LogP) is 2.19. The maximum atomic E-state index is 13.3. The summed E-state index contributed by atoms with van der Waals surface area (Å²) in [6, 6.07) is 8.55. The topological polar surface area (TPSA) is 91.8 Å². The summed E-state index contributed by atoms with van der Waals surface area (Å²) in [6.45, 7) is 2.27. The number of sulfonamides is 1. The Bertz CT molecular complexity index is 993. The van der Waals surface area contributed by atoms with Gasteiger partial charge in [-0.1, -0.05) is 18.2 Å². The molecule has 0 saturated carbocycles. The lowest BCUT2D eigenvalue weighted by Crippen LogP contribution is -2.31. The van der Waals surface area contributed by atoms with Crippen LogP contribution in [0.3, 0.4) is 0 Å². The highest BCUT2D eigenvalue weighted by Gasteiger charge is 2.39. The quantitative estimate of drug-likeness (QED) is 0.787. The highest BCUT2D eigenvalue weighted by molar-refractivity contribution is 7.89. The maximum Gasteiger partial charge on any atom is 0.245 e. The van der Waals surface area contributed by atoms with Gasteiger partial charge in [0.25, 0.3) is 0 Å². The number of nitrogens with zero attached hydrogens (tertiary/aromatic N) is 4. The molecule has 1 unspecified atom stereocenters. The van der Waals surface area contributed by atoms with Crippen LogP contribution >= 0.6 is 0 Å². The minimum absolute atomic E-state index is 0.236. The van der Waals surface area contributed by atoms with Crippen LogP contribution in [0.15, 0.2) is 41.4 Å². The zero-order chi connectivity index (χ0) is 16.7. The molecule has 24 heavy (non-hydrogen) atoms. The number of H-pyrrole nitrogens is 1. The van der Waals surface area contributed by atoms with E-state index >= 15 is 0 Å². The van der Waals surface area contributed by atoms with Crippen LogP contribution in [0.5, 0.6) is 0 Å².